The van der Waals surface area contributed by atoms with Gasteiger partial charge in [0.2, 0.25) is 0 Å². The van der Waals surface area contributed by atoms with Gasteiger partial charge in [-0.1, -0.05) is 169 Å². The van der Waals surface area contributed by atoms with Gasteiger partial charge in [0.25, 0.3) is 0 Å². The van der Waals surface area contributed by atoms with E-state index in [0.29, 0.717) is 19.4 Å². The largest absolute Gasteiger partial charge is 0.472 e. The molecule has 0 fully saturated rings. The van der Waals surface area contributed by atoms with Crippen molar-refractivity contribution in [3.05, 3.63) is 97.2 Å². The SMILES string of the molecule is CC/C=C\C/C=C\C/C=C\C/C=C\C/C=C\C/C=C\CCC(=O)OCC(COP(=O)(O)OCCN(C)C)OC(=O)CCCCCCCCCCC/C=C\C/C=C\CCCCC. The predicted molar refractivity (Wildman–Crippen MR) is 256 cm³/mol. The highest BCUT2D eigenvalue weighted by atomic mass is 31.2. The van der Waals surface area contributed by atoms with E-state index in [2.05, 4.69) is 98.9 Å². The van der Waals surface area contributed by atoms with Crippen LogP contribution in [-0.4, -0.2) is 68.3 Å². The number of phosphoric ester groups is 1. The Morgan fingerprint density at radius 2 is 0.967 bits per heavy atom. The molecule has 0 aromatic carbocycles. The fourth-order valence-corrected chi connectivity index (χ4v) is 6.54. The van der Waals surface area contributed by atoms with Crippen LogP contribution in [0.1, 0.15) is 168 Å². The number of unbranched alkanes of at least 4 members (excludes halogenated alkanes) is 12. The number of ether oxygens (including phenoxy) is 2. The van der Waals surface area contributed by atoms with Crippen LogP contribution in [0.4, 0.5) is 0 Å². The molecule has 0 rings (SSSR count). The van der Waals surface area contributed by atoms with E-state index in [0.717, 1.165) is 70.6 Å². The van der Waals surface area contributed by atoms with Gasteiger partial charge in [0.15, 0.2) is 6.10 Å². The van der Waals surface area contributed by atoms with E-state index in [1.54, 1.807) is 4.90 Å². The monoisotopic (exact) mass is 872 g/mol. The number of likely N-dealkylation sites (N-methyl/N-ethyl adjacent to an activating group) is 1. The van der Waals surface area contributed by atoms with E-state index in [1.807, 2.05) is 26.2 Å². The molecule has 0 aliphatic rings. The van der Waals surface area contributed by atoms with E-state index < -0.39 is 32.5 Å². The highest BCUT2D eigenvalue weighted by molar-refractivity contribution is 7.47. The number of hydrogen-bond donors (Lipinski definition) is 1. The Hall–Kier alpha value is -3.07. The van der Waals surface area contributed by atoms with Gasteiger partial charge < -0.3 is 19.3 Å². The molecule has 1 N–H and O–H groups in total. The number of carbonyl (C=O) groups is 2. The Labute approximate surface area is 372 Å². The summed E-state index contributed by atoms with van der Waals surface area (Å²) in [5, 5.41) is 0. The minimum atomic E-state index is -4.39. The van der Waals surface area contributed by atoms with Gasteiger partial charge in [-0.15, -0.1) is 0 Å². The minimum Gasteiger partial charge on any atom is -0.462 e. The molecular weight excluding hydrogens is 786 g/mol. The molecule has 61 heavy (non-hydrogen) atoms. The second-order valence-electron chi connectivity index (χ2n) is 15.5. The summed E-state index contributed by atoms with van der Waals surface area (Å²) < 4.78 is 33.5. The first-order chi connectivity index (χ1) is 29.7. The third-order valence-corrected chi connectivity index (χ3v) is 10.4. The quantitative estimate of drug-likeness (QED) is 0.0277. The molecule has 0 aromatic heterocycles. The molecule has 0 aromatic rings. The van der Waals surface area contributed by atoms with Gasteiger partial charge in [-0.25, -0.2) is 4.57 Å². The van der Waals surface area contributed by atoms with Crippen LogP contribution in [0.15, 0.2) is 97.2 Å². The number of phosphoric acid groups is 1. The normalized spacial score (nSPS) is 14.2. The zero-order chi connectivity index (χ0) is 44.8. The maximum Gasteiger partial charge on any atom is 0.472 e. The molecule has 10 heteroatoms. The number of rotatable bonds is 42. The first-order valence-corrected chi connectivity index (χ1v) is 25.0. The van der Waals surface area contributed by atoms with Crippen molar-refractivity contribution < 1.29 is 37.6 Å². The number of carbonyl (C=O) groups excluding carboxylic acids is 2. The molecule has 0 bridgehead atoms. The zero-order valence-electron chi connectivity index (χ0n) is 38.8. The van der Waals surface area contributed by atoms with Gasteiger partial charge in [0.1, 0.15) is 6.61 Å². The van der Waals surface area contributed by atoms with Gasteiger partial charge in [-0.2, -0.15) is 0 Å². The molecule has 0 saturated heterocycles. The van der Waals surface area contributed by atoms with Crippen LogP contribution in [-0.2, 0) is 32.7 Å². The third-order valence-electron chi connectivity index (χ3n) is 9.39. The Morgan fingerprint density at radius 1 is 0.525 bits per heavy atom. The molecule has 0 aliphatic carbocycles. The first-order valence-electron chi connectivity index (χ1n) is 23.5. The molecule has 2 unspecified atom stereocenters. The van der Waals surface area contributed by atoms with Crippen molar-refractivity contribution in [2.45, 2.75) is 174 Å². The summed E-state index contributed by atoms with van der Waals surface area (Å²) in [4.78, 5) is 37.1. The lowest BCUT2D eigenvalue weighted by Crippen LogP contribution is -2.29. The number of hydrogen-bond acceptors (Lipinski definition) is 8. The average molecular weight is 872 g/mol. The summed E-state index contributed by atoms with van der Waals surface area (Å²) in [6.07, 6.45) is 57.5. The van der Waals surface area contributed by atoms with E-state index in [9.17, 15) is 19.0 Å². The highest BCUT2D eigenvalue weighted by Crippen LogP contribution is 2.43. The van der Waals surface area contributed by atoms with Gasteiger partial charge >= 0.3 is 19.8 Å². The van der Waals surface area contributed by atoms with Crippen molar-refractivity contribution in [3.63, 3.8) is 0 Å². The molecule has 0 aliphatic heterocycles. The third kappa shape index (κ3) is 46.3. The highest BCUT2D eigenvalue weighted by Gasteiger charge is 2.26. The van der Waals surface area contributed by atoms with E-state index in [4.69, 9.17) is 18.5 Å². The smallest absolute Gasteiger partial charge is 0.462 e. The van der Waals surface area contributed by atoms with E-state index in [-0.39, 0.29) is 26.1 Å². The topological polar surface area (TPSA) is 112 Å². The summed E-state index contributed by atoms with van der Waals surface area (Å²) in [5.41, 5.74) is 0. The molecule has 9 nitrogen and oxygen atoms in total. The van der Waals surface area contributed by atoms with Crippen LogP contribution < -0.4 is 0 Å². The zero-order valence-corrected chi connectivity index (χ0v) is 39.7. The van der Waals surface area contributed by atoms with Gasteiger partial charge in [0.05, 0.1) is 13.2 Å². The molecule has 0 radical (unpaired) electrons. The standard InChI is InChI=1S/C51H86NO8P/c1-5-7-9-11-13-15-17-19-21-23-25-27-29-31-33-35-37-39-41-43-50(53)57-47-49(48-59-61(55,56)58-46-45-52(3)4)60-51(54)44-42-40-38-36-34-32-30-28-26-24-22-20-18-16-14-12-10-8-6-2/h7,9,13-16,19-22,25,27,31,33,37,39,49H,5-6,8,10-12,17-18,23-24,26,28-30,32,34-36,38,40-48H2,1-4H3,(H,55,56)/b9-7-,15-13-,16-14-,21-19-,22-20-,27-25-,33-31-,39-37-. The maximum atomic E-state index is 12.7. The second kappa shape index (κ2) is 45.0. The van der Waals surface area contributed by atoms with Crippen molar-refractivity contribution in [2.75, 3.05) is 40.5 Å². The van der Waals surface area contributed by atoms with Gasteiger partial charge in [0, 0.05) is 19.4 Å². The Balaban J connectivity index is 4.38. The average Bonchev–Trinajstić information content (AvgIpc) is 3.23. The van der Waals surface area contributed by atoms with Crippen molar-refractivity contribution in [3.8, 4) is 0 Å². The minimum absolute atomic E-state index is 0.00993. The fraction of sp³-hybridized carbons (Fsp3) is 0.647. The van der Waals surface area contributed by atoms with E-state index >= 15 is 0 Å². The van der Waals surface area contributed by atoms with Crippen LogP contribution in [0.25, 0.3) is 0 Å². The fourth-order valence-electron chi connectivity index (χ4n) is 5.80. The summed E-state index contributed by atoms with van der Waals surface area (Å²) in [5.74, 6) is -0.913. The summed E-state index contributed by atoms with van der Waals surface area (Å²) >= 11 is 0. The van der Waals surface area contributed by atoms with Crippen LogP contribution in [0.5, 0.6) is 0 Å². The molecule has 0 spiro atoms. The van der Waals surface area contributed by atoms with Crippen LogP contribution in [0.3, 0.4) is 0 Å². The lowest BCUT2D eigenvalue weighted by Gasteiger charge is -2.20. The molecule has 0 heterocycles. The Morgan fingerprint density at radius 3 is 1.46 bits per heavy atom. The first kappa shape index (κ1) is 57.9. The van der Waals surface area contributed by atoms with Crippen LogP contribution in [0, 0.1) is 0 Å². The van der Waals surface area contributed by atoms with Crippen molar-refractivity contribution in [2.24, 2.45) is 0 Å². The van der Waals surface area contributed by atoms with Crippen molar-refractivity contribution in [1.29, 1.82) is 0 Å². The second-order valence-corrected chi connectivity index (χ2v) is 17.0. The molecule has 348 valence electrons. The number of esters is 2. The number of nitrogens with zero attached hydrogens (tertiary/aromatic N) is 1. The summed E-state index contributed by atoms with van der Waals surface area (Å²) in [6, 6.07) is 0. The molecule has 0 amide bonds. The lowest BCUT2D eigenvalue weighted by molar-refractivity contribution is -0.161. The molecular formula is C51H86NO8P. The molecule has 2 atom stereocenters. The Kier molecular flexibility index (Phi) is 42.7. The number of allylic oxidation sites excluding steroid dienone is 16. The van der Waals surface area contributed by atoms with Crippen molar-refractivity contribution in [1.82, 2.24) is 4.90 Å². The van der Waals surface area contributed by atoms with Gasteiger partial charge in [-0.3, -0.25) is 18.6 Å². The van der Waals surface area contributed by atoms with Gasteiger partial charge in [-0.05, 0) is 97.6 Å². The maximum absolute atomic E-state index is 12.7. The van der Waals surface area contributed by atoms with E-state index in [1.165, 1.54) is 57.8 Å². The lowest BCUT2D eigenvalue weighted by atomic mass is 10.1. The summed E-state index contributed by atoms with van der Waals surface area (Å²) in [6.45, 7) is 4.08. The summed E-state index contributed by atoms with van der Waals surface area (Å²) in [7, 11) is -0.758. The van der Waals surface area contributed by atoms with Crippen LogP contribution in [0.2, 0.25) is 0 Å². The van der Waals surface area contributed by atoms with Crippen molar-refractivity contribution >= 4 is 19.8 Å². The molecule has 0 saturated carbocycles. The Bertz CT molecular complexity index is 1330. The van der Waals surface area contributed by atoms with Crippen LogP contribution >= 0.6 is 7.82 Å². The predicted octanol–water partition coefficient (Wildman–Crippen LogP) is 14.0.